The van der Waals surface area contributed by atoms with Crippen molar-refractivity contribution in [1.29, 1.82) is 0 Å². The Balaban J connectivity index is 2.28. The predicted octanol–water partition coefficient (Wildman–Crippen LogP) is 2.77. The van der Waals surface area contributed by atoms with Gasteiger partial charge >= 0.3 is 0 Å². The molecule has 1 aromatic heterocycles. The minimum absolute atomic E-state index is 0.0299. The molecule has 0 saturated carbocycles. The summed E-state index contributed by atoms with van der Waals surface area (Å²) in [5.74, 6) is -0.0299. The zero-order chi connectivity index (χ0) is 13.1. The Morgan fingerprint density at radius 1 is 1.33 bits per heavy atom. The minimum Gasteiger partial charge on any atom is -0.365 e. The molecule has 1 amide bonds. The number of hydrogen-bond acceptors (Lipinski definition) is 4. The number of anilines is 2. The van der Waals surface area contributed by atoms with Gasteiger partial charge in [0.1, 0.15) is 4.88 Å². The van der Waals surface area contributed by atoms with Crippen LogP contribution in [0.1, 0.15) is 15.4 Å². The molecule has 0 radical (unpaired) electrons. The second-order valence-corrected chi connectivity index (χ2v) is 4.88. The molecule has 0 fully saturated rings. The number of carbonyl (C=O) groups excluding carboxylic acids is 1. The summed E-state index contributed by atoms with van der Waals surface area (Å²) in [6, 6.07) is 9.58. The standard InChI is InChI=1S/C13H15N3OS/c1-9-11(18-13(14-2)15-9)12(17)16(3)10-7-5-4-6-8-10/h4-8H,1-3H3,(H,14,15). The molecule has 0 spiro atoms. The van der Waals surface area contributed by atoms with Crippen molar-refractivity contribution in [2.75, 3.05) is 24.3 Å². The van der Waals surface area contributed by atoms with E-state index in [4.69, 9.17) is 0 Å². The van der Waals surface area contributed by atoms with Gasteiger partial charge in [0.05, 0.1) is 5.69 Å². The predicted molar refractivity (Wildman–Crippen MR) is 75.6 cm³/mol. The fourth-order valence-corrected chi connectivity index (χ4v) is 2.52. The SMILES string of the molecule is CNc1nc(C)c(C(=O)N(C)c2ccccc2)s1. The van der Waals surface area contributed by atoms with Gasteiger partial charge in [0.15, 0.2) is 5.13 Å². The molecule has 1 N–H and O–H groups in total. The summed E-state index contributed by atoms with van der Waals surface area (Å²) in [5.41, 5.74) is 1.64. The Labute approximate surface area is 110 Å². The molecule has 0 aliphatic rings. The summed E-state index contributed by atoms with van der Waals surface area (Å²) in [5, 5.41) is 3.72. The Kier molecular flexibility index (Phi) is 3.62. The van der Waals surface area contributed by atoms with Crippen molar-refractivity contribution >= 4 is 28.1 Å². The molecule has 0 unspecified atom stereocenters. The maximum absolute atomic E-state index is 12.4. The number of amides is 1. The largest absolute Gasteiger partial charge is 0.365 e. The van der Waals surface area contributed by atoms with E-state index in [9.17, 15) is 4.79 Å². The first-order valence-corrected chi connectivity index (χ1v) is 6.43. The van der Waals surface area contributed by atoms with Crippen molar-refractivity contribution in [3.63, 3.8) is 0 Å². The average molecular weight is 261 g/mol. The summed E-state index contributed by atoms with van der Waals surface area (Å²) in [7, 11) is 3.57. The van der Waals surface area contributed by atoms with Gasteiger partial charge in [-0.15, -0.1) is 0 Å². The lowest BCUT2D eigenvalue weighted by Crippen LogP contribution is -2.25. The van der Waals surface area contributed by atoms with E-state index < -0.39 is 0 Å². The van der Waals surface area contributed by atoms with Crippen molar-refractivity contribution in [2.45, 2.75) is 6.92 Å². The maximum Gasteiger partial charge on any atom is 0.270 e. The van der Waals surface area contributed by atoms with E-state index in [-0.39, 0.29) is 5.91 Å². The van der Waals surface area contributed by atoms with Gasteiger partial charge < -0.3 is 10.2 Å². The van der Waals surface area contributed by atoms with Crippen LogP contribution in [0.2, 0.25) is 0 Å². The topological polar surface area (TPSA) is 45.2 Å². The highest BCUT2D eigenvalue weighted by atomic mass is 32.1. The second-order valence-electron chi connectivity index (χ2n) is 3.88. The molecule has 2 aromatic rings. The van der Waals surface area contributed by atoms with E-state index in [1.807, 2.05) is 37.3 Å². The zero-order valence-corrected chi connectivity index (χ0v) is 11.4. The number of thiazole rings is 1. The van der Waals surface area contributed by atoms with E-state index in [2.05, 4.69) is 10.3 Å². The zero-order valence-electron chi connectivity index (χ0n) is 10.6. The molecular weight excluding hydrogens is 246 g/mol. The van der Waals surface area contributed by atoms with Crippen LogP contribution < -0.4 is 10.2 Å². The highest BCUT2D eigenvalue weighted by molar-refractivity contribution is 7.17. The fraction of sp³-hybridized carbons (Fsp3) is 0.231. The second kappa shape index (κ2) is 5.18. The van der Waals surface area contributed by atoms with E-state index in [1.54, 1.807) is 19.0 Å². The van der Waals surface area contributed by atoms with Gasteiger partial charge in [-0.1, -0.05) is 29.5 Å². The smallest absolute Gasteiger partial charge is 0.270 e. The first-order chi connectivity index (χ1) is 8.63. The summed E-state index contributed by atoms with van der Waals surface area (Å²) >= 11 is 1.38. The molecule has 0 aliphatic heterocycles. The molecular formula is C13H15N3OS. The van der Waals surface area contributed by atoms with Crippen LogP contribution in [0.25, 0.3) is 0 Å². The van der Waals surface area contributed by atoms with E-state index >= 15 is 0 Å². The van der Waals surface area contributed by atoms with Gasteiger partial charge in [-0.3, -0.25) is 4.79 Å². The fourth-order valence-electron chi connectivity index (χ4n) is 1.62. The van der Waals surface area contributed by atoms with Crippen LogP contribution in [0.4, 0.5) is 10.8 Å². The van der Waals surface area contributed by atoms with E-state index in [0.717, 1.165) is 16.5 Å². The molecule has 2 rings (SSSR count). The molecule has 1 heterocycles. The lowest BCUT2D eigenvalue weighted by Gasteiger charge is -2.16. The van der Waals surface area contributed by atoms with Crippen molar-refractivity contribution < 1.29 is 4.79 Å². The third-order valence-corrected chi connectivity index (χ3v) is 3.82. The number of nitrogens with zero attached hydrogens (tertiary/aromatic N) is 2. The van der Waals surface area contributed by atoms with Crippen molar-refractivity contribution in [1.82, 2.24) is 4.98 Å². The van der Waals surface area contributed by atoms with Crippen LogP contribution in [0.3, 0.4) is 0 Å². The minimum atomic E-state index is -0.0299. The molecule has 0 atom stereocenters. The number of para-hydroxylation sites is 1. The lowest BCUT2D eigenvalue weighted by molar-refractivity contribution is 0.0996. The Morgan fingerprint density at radius 2 is 2.00 bits per heavy atom. The summed E-state index contributed by atoms with van der Waals surface area (Å²) < 4.78 is 0. The monoisotopic (exact) mass is 261 g/mol. The van der Waals surface area contributed by atoms with Crippen LogP contribution in [-0.2, 0) is 0 Å². The molecule has 1 aromatic carbocycles. The number of rotatable bonds is 3. The summed E-state index contributed by atoms with van der Waals surface area (Å²) in [6.07, 6.45) is 0. The van der Waals surface area contributed by atoms with E-state index in [0.29, 0.717) is 4.88 Å². The van der Waals surface area contributed by atoms with Crippen molar-refractivity contribution in [3.8, 4) is 0 Å². The van der Waals surface area contributed by atoms with Crippen LogP contribution in [0, 0.1) is 6.92 Å². The van der Waals surface area contributed by atoms with Gasteiger partial charge in [-0.25, -0.2) is 4.98 Å². The number of hydrogen-bond donors (Lipinski definition) is 1. The molecule has 0 bridgehead atoms. The van der Waals surface area contributed by atoms with Gasteiger partial charge in [-0.05, 0) is 19.1 Å². The van der Waals surface area contributed by atoms with Gasteiger partial charge in [0.25, 0.3) is 5.91 Å². The molecule has 18 heavy (non-hydrogen) atoms. The summed E-state index contributed by atoms with van der Waals surface area (Å²) in [4.78, 5) is 19.0. The quantitative estimate of drug-likeness (QED) is 0.924. The highest BCUT2D eigenvalue weighted by Crippen LogP contribution is 2.25. The Hall–Kier alpha value is -1.88. The average Bonchev–Trinajstić information content (AvgIpc) is 2.79. The highest BCUT2D eigenvalue weighted by Gasteiger charge is 2.19. The lowest BCUT2D eigenvalue weighted by atomic mass is 10.3. The maximum atomic E-state index is 12.4. The molecule has 5 heteroatoms. The van der Waals surface area contributed by atoms with Crippen LogP contribution >= 0.6 is 11.3 Å². The number of aryl methyl sites for hydroxylation is 1. The molecule has 94 valence electrons. The normalized spacial score (nSPS) is 10.2. The van der Waals surface area contributed by atoms with Crippen molar-refractivity contribution in [2.24, 2.45) is 0 Å². The first-order valence-electron chi connectivity index (χ1n) is 5.61. The number of aromatic nitrogens is 1. The van der Waals surface area contributed by atoms with E-state index in [1.165, 1.54) is 11.3 Å². The van der Waals surface area contributed by atoms with Gasteiger partial charge in [0.2, 0.25) is 0 Å². The summed E-state index contributed by atoms with van der Waals surface area (Å²) in [6.45, 7) is 1.85. The third-order valence-electron chi connectivity index (χ3n) is 2.65. The first kappa shape index (κ1) is 12.6. The number of nitrogens with one attached hydrogen (secondary N) is 1. The number of benzene rings is 1. The molecule has 4 nitrogen and oxygen atoms in total. The molecule has 0 saturated heterocycles. The van der Waals surface area contributed by atoms with Crippen LogP contribution in [0.5, 0.6) is 0 Å². The van der Waals surface area contributed by atoms with Gasteiger partial charge in [0, 0.05) is 19.8 Å². The number of carbonyl (C=O) groups is 1. The third kappa shape index (κ3) is 2.36. The molecule has 0 aliphatic carbocycles. The Bertz CT molecular complexity index is 551. The van der Waals surface area contributed by atoms with Crippen molar-refractivity contribution in [3.05, 3.63) is 40.9 Å². The van der Waals surface area contributed by atoms with Gasteiger partial charge in [-0.2, -0.15) is 0 Å². The van der Waals surface area contributed by atoms with Crippen LogP contribution in [0.15, 0.2) is 30.3 Å². The van der Waals surface area contributed by atoms with Crippen LogP contribution in [-0.4, -0.2) is 25.0 Å². The Morgan fingerprint density at radius 3 is 2.56 bits per heavy atom.